The zero-order valence-corrected chi connectivity index (χ0v) is 11.7. The second-order valence-electron chi connectivity index (χ2n) is 4.96. The summed E-state index contributed by atoms with van der Waals surface area (Å²) in [5.41, 5.74) is 0. The molecule has 0 amide bonds. The van der Waals surface area contributed by atoms with E-state index in [4.69, 9.17) is 9.47 Å². The Morgan fingerprint density at radius 2 is 2.29 bits per heavy atom. The molecule has 17 heavy (non-hydrogen) atoms. The third-order valence-corrected chi connectivity index (χ3v) is 3.61. The molecule has 0 radical (unpaired) electrons. The van der Waals surface area contributed by atoms with Gasteiger partial charge in [0.15, 0.2) is 0 Å². The molecule has 1 heterocycles. The number of hydrogen-bond acceptors (Lipinski definition) is 4. The van der Waals surface area contributed by atoms with Crippen LogP contribution in [0.2, 0.25) is 0 Å². The molecule has 0 spiro atoms. The molecule has 1 fully saturated rings. The van der Waals surface area contributed by atoms with Crippen molar-refractivity contribution in [1.82, 2.24) is 10.2 Å². The van der Waals surface area contributed by atoms with Gasteiger partial charge in [-0.2, -0.15) is 0 Å². The number of nitrogens with one attached hydrogen (secondary N) is 1. The van der Waals surface area contributed by atoms with E-state index in [1.807, 2.05) is 0 Å². The first-order chi connectivity index (χ1) is 8.20. The monoisotopic (exact) mass is 244 g/mol. The van der Waals surface area contributed by atoms with Gasteiger partial charge in [0.05, 0.1) is 13.2 Å². The zero-order valence-electron chi connectivity index (χ0n) is 11.7. The molecule has 0 aliphatic carbocycles. The summed E-state index contributed by atoms with van der Waals surface area (Å²) in [6.07, 6.45) is 2.29. The molecule has 0 saturated carbocycles. The maximum Gasteiger partial charge on any atom is 0.0637 e. The molecule has 1 saturated heterocycles. The molecular weight excluding hydrogens is 216 g/mol. The Morgan fingerprint density at radius 3 is 2.94 bits per heavy atom. The molecule has 1 N–H and O–H groups in total. The van der Waals surface area contributed by atoms with E-state index in [1.54, 1.807) is 7.11 Å². The predicted molar refractivity (Wildman–Crippen MR) is 70.4 cm³/mol. The van der Waals surface area contributed by atoms with Crippen LogP contribution in [0, 0.1) is 0 Å². The number of rotatable bonds is 7. The van der Waals surface area contributed by atoms with Crippen molar-refractivity contribution < 1.29 is 9.47 Å². The molecule has 102 valence electrons. The van der Waals surface area contributed by atoms with Gasteiger partial charge in [0.25, 0.3) is 0 Å². The predicted octanol–water partition coefficient (Wildman–Crippen LogP) is 1.11. The smallest absolute Gasteiger partial charge is 0.0637 e. The van der Waals surface area contributed by atoms with Gasteiger partial charge in [-0.15, -0.1) is 0 Å². The first kappa shape index (κ1) is 14.9. The van der Waals surface area contributed by atoms with E-state index in [0.717, 1.165) is 32.8 Å². The summed E-state index contributed by atoms with van der Waals surface area (Å²) in [6.45, 7) is 7.98. The van der Waals surface area contributed by atoms with Gasteiger partial charge in [0.1, 0.15) is 0 Å². The van der Waals surface area contributed by atoms with Gasteiger partial charge in [-0.25, -0.2) is 0 Å². The number of hydrogen-bond donors (Lipinski definition) is 1. The standard InChI is InChI=1S/C13H28N2O2/c1-5-7-14-12-6-8-17-10-13(12)15(3)11(2)9-16-4/h11-14H,5-10H2,1-4H3. The van der Waals surface area contributed by atoms with Crippen LogP contribution in [0.5, 0.6) is 0 Å². The molecule has 4 nitrogen and oxygen atoms in total. The Morgan fingerprint density at radius 1 is 1.53 bits per heavy atom. The third kappa shape index (κ3) is 4.54. The first-order valence-corrected chi connectivity index (χ1v) is 6.72. The number of methoxy groups -OCH3 is 1. The van der Waals surface area contributed by atoms with Crippen molar-refractivity contribution in [2.45, 2.75) is 44.8 Å². The molecule has 0 aromatic heterocycles. The minimum Gasteiger partial charge on any atom is -0.383 e. The fourth-order valence-corrected chi connectivity index (χ4v) is 2.38. The minimum absolute atomic E-state index is 0.428. The van der Waals surface area contributed by atoms with Crippen molar-refractivity contribution in [3.8, 4) is 0 Å². The number of ether oxygens (including phenoxy) is 2. The second-order valence-corrected chi connectivity index (χ2v) is 4.96. The lowest BCUT2D eigenvalue weighted by atomic mass is 10.0. The van der Waals surface area contributed by atoms with E-state index >= 15 is 0 Å². The second kappa shape index (κ2) is 8.03. The Labute approximate surface area is 106 Å². The average molecular weight is 244 g/mol. The summed E-state index contributed by atoms with van der Waals surface area (Å²) in [7, 11) is 3.93. The van der Waals surface area contributed by atoms with E-state index in [0.29, 0.717) is 18.1 Å². The highest BCUT2D eigenvalue weighted by Crippen LogP contribution is 2.15. The van der Waals surface area contributed by atoms with Gasteiger partial charge in [-0.05, 0) is 33.4 Å². The lowest BCUT2D eigenvalue weighted by molar-refractivity contribution is -0.0177. The molecular formula is C13H28N2O2. The largest absolute Gasteiger partial charge is 0.383 e. The molecule has 0 aromatic carbocycles. The lowest BCUT2D eigenvalue weighted by Gasteiger charge is -2.41. The Balaban J connectivity index is 2.50. The van der Waals surface area contributed by atoms with Crippen LogP contribution in [0.25, 0.3) is 0 Å². The molecule has 1 rings (SSSR count). The topological polar surface area (TPSA) is 33.7 Å². The van der Waals surface area contributed by atoms with E-state index in [-0.39, 0.29) is 0 Å². The fourth-order valence-electron chi connectivity index (χ4n) is 2.38. The molecule has 1 aliphatic heterocycles. The van der Waals surface area contributed by atoms with Crippen molar-refractivity contribution in [3.05, 3.63) is 0 Å². The third-order valence-electron chi connectivity index (χ3n) is 3.61. The van der Waals surface area contributed by atoms with Crippen LogP contribution in [0.4, 0.5) is 0 Å². The van der Waals surface area contributed by atoms with E-state index in [9.17, 15) is 0 Å². The fraction of sp³-hybridized carbons (Fsp3) is 1.00. The summed E-state index contributed by atoms with van der Waals surface area (Å²) < 4.78 is 10.8. The molecule has 3 unspecified atom stereocenters. The van der Waals surface area contributed by atoms with Crippen molar-refractivity contribution in [2.24, 2.45) is 0 Å². The lowest BCUT2D eigenvalue weighted by Crippen LogP contribution is -2.57. The Hall–Kier alpha value is -0.160. The van der Waals surface area contributed by atoms with Crippen LogP contribution >= 0.6 is 0 Å². The number of nitrogens with zero attached hydrogens (tertiary/aromatic N) is 1. The maximum absolute atomic E-state index is 5.62. The van der Waals surface area contributed by atoms with Crippen molar-refractivity contribution >= 4 is 0 Å². The van der Waals surface area contributed by atoms with Crippen LogP contribution in [-0.4, -0.2) is 63.5 Å². The number of likely N-dealkylation sites (N-methyl/N-ethyl adjacent to an activating group) is 1. The first-order valence-electron chi connectivity index (χ1n) is 6.72. The summed E-state index contributed by atoms with van der Waals surface area (Å²) in [5, 5.41) is 3.64. The van der Waals surface area contributed by atoms with Gasteiger partial charge in [0.2, 0.25) is 0 Å². The normalized spacial score (nSPS) is 27.4. The molecule has 1 aliphatic rings. The van der Waals surface area contributed by atoms with E-state index < -0.39 is 0 Å². The van der Waals surface area contributed by atoms with Gasteiger partial charge < -0.3 is 14.8 Å². The van der Waals surface area contributed by atoms with Gasteiger partial charge in [-0.3, -0.25) is 4.90 Å². The summed E-state index contributed by atoms with van der Waals surface area (Å²) in [4.78, 5) is 2.38. The van der Waals surface area contributed by atoms with E-state index in [2.05, 4.69) is 31.1 Å². The van der Waals surface area contributed by atoms with Crippen LogP contribution in [0.3, 0.4) is 0 Å². The summed E-state index contributed by atoms with van der Waals surface area (Å²) >= 11 is 0. The van der Waals surface area contributed by atoms with Crippen molar-refractivity contribution in [1.29, 1.82) is 0 Å². The van der Waals surface area contributed by atoms with Crippen LogP contribution < -0.4 is 5.32 Å². The summed E-state index contributed by atoms with van der Waals surface area (Å²) in [5.74, 6) is 0. The van der Waals surface area contributed by atoms with Gasteiger partial charge >= 0.3 is 0 Å². The maximum atomic E-state index is 5.62. The zero-order chi connectivity index (χ0) is 12.7. The molecule has 3 atom stereocenters. The molecule has 4 heteroatoms. The quantitative estimate of drug-likeness (QED) is 0.727. The molecule has 0 aromatic rings. The Kier molecular flexibility index (Phi) is 7.04. The molecule has 0 bridgehead atoms. The Bertz CT molecular complexity index is 200. The van der Waals surface area contributed by atoms with E-state index in [1.165, 1.54) is 6.42 Å². The summed E-state index contributed by atoms with van der Waals surface area (Å²) in [6, 6.07) is 1.44. The minimum atomic E-state index is 0.428. The van der Waals surface area contributed by atoms with Crippen LogP contribution in [-0.2, 0) is 9.47 Å². The van der Waals surface area contributed by atoms with Crippen molar-refractivity contribution in [3.63, 3.8) is 0 Å². The highest BCUT2D eigenvalue weighted by molar-refractivity contribution is 4.88. The highest BCUT2D eigenvalue weighted by atomic mass is 16.5. The van der Waals surface area contributed by atoms with Crippen LogP contribution in [0.1, 0.15) is 26.7 Å². The average Bonchev–Trinajstić information content (AvgIpc) is 2.36. The van der Waals surface area contributed by atoms with Gasteiger partial charge in [-0.1, -0.05) is 6.92 Å². The van der Waals surface area contributed by atoms with Crippen LogP contribution in [0.15, 0.2) is 0 Å². The highest BCUT2D eigenvalue weighted by Gasteiger charge is 2.30. The van der Waals surface area contributed by atoms with Crippen molar-refractivity contribution in [2.75, 3.05) is 40.5 Å². The van der Waals surface area contributed by atoms with Gasteiger partial charge in [0, 0.05) is 31.8 Å². The SMILES string of the molecule is CCCNC1CCOCC1N(C)C(C)COC.